The van der Waals surface area contributed by atoms with Gasteiger partial charge in [-0.25, -0.2) is 4.79 Å². The van der Waals surface area contributed by atoms with Gasteiger partial charge in [0.25, 0.3) is 0 Å². The highest BCUT2D eigenvalue weighted by molar-refractivity contribution is 5.75. The molecule has 1 rings (SSSR count). The number of hydroxylamine groups is 2. The second kappa shape index (κ2) is 3.51. The van der Waals surface area contributed by atoms with E-state index >= 15 is 0 Å². The predicted octanol–water partition coefficient (Wildman–Crippen LogP) is 0.685. The van der Waals surface area contributed by atoms with Gasteiger partial charge in [-0.3, -0.25) is 0 Å². The fourth-order valence-corrected chi connectivity index (χ4v) is 0.838. The van der Waals surface area contributed by atoms with E-state index in [1.807, 2.05) is 0 Å². The summed E-state index contributed by atoms with van der Waals surface area (Å²) < 4.78 is 39.7. The monoisotopic (exact) mass is 199 g/mol. The molecule has 0 bridgehead atoms. The van der Waals surface area contributed by atoms with Crippen LogP contribution in [0.5, 0.6) is 0 Å². The van der Waals surface area contributed by atoms with Crippen molar-refractivity contribution < 1.29 is 27.5 Å². The van der Waals surface area contributed by atoms with Gasteiger partial charge in [0.15, 0.2) is 0 Å². The van der Waals surface area contributed by atoms with E-state index in [9.17, 15) is 18.0 Å². The molecule has 0 aromatic carbocycles. The summed E-state index contributed by atoms with van der Waals surface area (Å²) in [6.07, 6.45) is -4.94. The first kappa shape index (κ1) is 10.3. The quantitative estimate of drug-likeness (QED) is 0.655. The summed E-state index contributed by atoms with van der Waals surface area (Å²) in [6, 6.07) is 0. The third-order valence-electron chi connectivity index (χ3n) is 1.62. The van der Waals surface area contributed by atoms with E-state index < -0.39 is 18.4 Å². The molecule has 0 saturated carbocycles. The van der Waals surface area contributed by atoms with E-state index in [1.54, 1.807) is 0 Å². The molecule has 0 radical (unpaired) electrons. The van der Waals surface area contributed by atoms with Gasteiger partial charge < -0.3 is 9.57 Å². The van der Waals surface area contributed by atoms with E-state index in [2.05, 4.69) is 4.84 Å². The highest BCUT2D eigenvalue weighted by Gasteiger charge is 2.45. The first-order chi connectivity index (χ1) is 5.95. The zero-order valence-corrected chi connectivity index (χ0v) is 6.80. The number of hydrogen-bond donors (Lipinski definition) is 0. The number of methoxy groups -OCH3 is 1. The van der Waals surface area contributed by atoms with Crippen LogP contribution in [0, 0.1) is 0 Å². The molecule has 4 nitrogen and oxygen atoms in total. The lowest BCUT2D eigenvalue weighted by molar-refractivity contribution is -0.300. The minimum absolute atomic E-state index is 0.264. The molecular formula is C6H8F3NO3. The lowest BCUT2D eigenvalue weighted by Gasteiger charge is -2.36. The van der Waals surface area contributed by atoms with Gasteiger partial charge in [-0.2, -0.15) is 13.2 Å². The number of halogens is 3. The Bertz CT molecular complexity index is 204. The number of carbonyl (C=O) groups excluding carboxylic acids is 1. The second-order valence-electron chi connectivity index (χ2n) is 2.50. The van der Waals surface area contributed by atoms with Crippen LogP contribution in [0.25, 0.3) is 0 Å². The second-order valence-corrected chi connectivity index (χ2v) is 2.50. The van der Waals surface area contributed by atoms with Crippen molar-refractivity contribution in [3.8, 4) is 0 Å². The van der Waals surface area contributed by atoms with Gasteiger partial charge in [0.2, 0.25) is 0 Å². The molecule has 1 aliphatic rings. The molecule has 1 saturated heterocycles. The van der Waals surface area contributed by atoms with Gasteiger partial charge in [0.05, 0.1) is 0 Å². The number of hydrogen-bond acceptors (Lipinski definition) is 4. The van der Waals surface area contributed by atoms with Crippen LogP contribution >= 0.6 is 0 Å². The van der Waals surface area contributed by atoms with E-state index in [1.165, 1.54) is 7.11 Å². The minimum atomic E-state index is -4.95. The molecule has 13 heavy (non-hydrogen) atoms. The molecule has 1 atom stereocenters. The number of alkyl halides is 3. The first-order valence-electron chi connectivity index (χ1n) is 3.53. The van der Waals surface area contributed by atoms with Crippen molar-refractivity contribution in [2.45, 2.75) is 18.8 Å². The fraction of sp³-hybridized carbons (Fsp3) is 0.833. The summed E-state index contributed by atoms with van der Waals surface area (Å²) in [5.74, 6) is -2.21. The summed E-state index contributed by atoms with van der Waals surface area (Å²) >= 11 is 0. The fourth-order valence-electron chi connectivity index (χ4n) is 0.838. The van der Waals surface area contributed by atoms with Crippen molar-refractivity contribution >= 4 is 5.97 Å². The summed E-state index contributed by atoms with van der Waals surface area (Å²) in [5.41, 5.74) is 0. The normalized spacial score (nSPS) is 23.8. The van der Waals surface area contributed by atoms with Crippen LogP contribution in [0.2, 0.25) is 0 Å². The van der Waals surface area contributed by atoms with Crippen molar-refractivity contribution in [2.75, 3.05) is 13.7 Å². The Morgan fingerprint density at radius 3 is 2.46 bits per heavy atom. The molecule has 76 valence electrons. The van der Waals surface area contributed by atoms with Gasteiger partial charge in [-0.1, -0.05) is 0 Å². The van der Waals surface area contributed by atoms with Gasteiger partial charge in [0.1, 0.15) is 6.23 Å². The molecule has 7 heteroatoms. The maximum Gasteiger partial charge on any atom is 0.492 e. The van der Waals surface area contributed by atoms with E-state index in [0.29, 0.717) is 6.42 Å². The van der Waals surface area contributed by atoms with Crippen molar-refractivity contribution in [2.24, 2.45) is 0 Å². The van der Waals surface area contributed by atoms with Gasteiger partial charge >= 0.3 is 12.1 Å². The SMILES string of the molecule is COC1CCN1OC(=O)C(F)(F)F. The van der Waals surface area contributed by atoms with Crippen LogP contribution in [-0.4, -0.2) is 37.1 Å². The number of ether oxygens (including phenoxy) is 1. The molecule has 1 aliphatic heterocycles. The maximum absolute atomic E-state index is 11.7. The molecule has 0 N–H and O–H groups in total. The van der Waals surface area contributed by atoms with Crippen LogP contribution in [0.15, 0.2) is 0 Å². The Labute approximate surface area is 72.2 Å². The molecule has 1 fully saturated rings. The van der Waals surface area contributed by atoms with E-state index in [-0.39, 0.29) is 6.54 Å². The van der Waals surface area contributed by atoms with Crippen LogP contribution in [0.3, 0.4) is 0 Å². The Hall–Kier alpha value is -0.820. The lowest BCUT2D eigenvalue weighted by Crippen LogP contribution is -2.51. The van der Waals surface area contributed by atoms with Crippen LogP contribution in [-0.2, 0) is 14.4 Å². The van der Waals surface area contributed by atoms with Gasteiger partial charge in [0, 0.05) is 20.1 Å². The smallest absolute Gasteiger partial charge is 0.363 e. The van der Waals surface area contributed by atoms with E-state index in [4.69, 9.17) is 4.74 Å². The van der Waals surface area contributed by atoms with Crippen molar-refractivity contribution in [1.29, 1.82) is 0 Å². The standard InChI is InChI=1S/C6H8F3NO3/c1-12-4-2-3-10(4)13-5(11)6(7,8)9/h4H,2-3H2,1H3. The molecule has 1 unspecified atom stereocenters. The molecule has 0 amide bonds. The molecule has 0 aromatic heterocycles. The Morgan fingerprint density at radius 1 is 1.54 bits per heavy atom. The largest absolute Gasteiger partial charge is 0.492 e. The average Bonchev–Trinajstić information content (AvgIpc) is 1.96. The molecule has 1 heterocycles. The molecular weight excluding hydrogens is 191 g/mol. The Morgan fingerprint density at radius 2 is 2.15 bits per heavy atom. The first-order valence-corrected chi connectivity index (χ1v) is 3.53. The van der Waals surface area contributed by atoms with Gasteiger partial charge in [-0.05, 0) is 0 Å². The summed E-state index contributed by atoms with van der Waals surface area (Å²) in [4.78, 5) is 14.3. The third-order valence-corrected chi connectivity index (χ3v) is 1.62. The van der Waals surface area contributed by atoms with Crippen molar-refractivity contribution in [1.82, 2.24) is 5.06 Å². The predicted molar refractivity (Wildman–Crippen MR) is 34.3 cm³/mol. The molecule has 0 aromatic rings. The topological polar surface area (TPSA) is 38.8 Å². The van der Waals surface area contributed by atoms with Crippen LogP contribution in [0.1, 0.15) is 6.42 Å². The Kier molecular flexibility index (Phi) is 2.77. The third kappa shape index (κ3) is 2.31. The summed E-state index contributed by atoms with van der Waals surface area (Å²) in [5, 5.41) is 0.857. The maximum atomic E-state index is 11.7. The number of nitrogens with zero attached hydrogens (tertiary/aromatic N) is 1. The molecule has 0 aliphatic carbocycles. The van der Waals surface area contributed by atoms with Crippen molar-refractivity contribution in [3.63, 3.8) is 0 Å². The highest BCUT2D eigenvalue weighted by atomic mass is 19.4. The van der Waals surface area contributed by atoms with E-state index in [0.717, 1.165) is 5.06 Å². The van der Waals surface area contributed by atoms with Crippen LogP contribution < -0.4 is 0 Å². The Balaban J connectivity index is 2.37. The summed E-state index contributed by atoms with van der Waals surface area (Å²) in [7, 11) is 1.33. The summed E-state index contributed by atoms with van der Waals surface area (Å²) in [6.45, 7) is 0.264. The average molecular weight is 199 g/mol. The number of carbonyl (C=O) groups is 1. The van der Waals surface area contributed by atoms with Crippen LogP contribution in [0.4, 0.5) is 13.2 Å². The lowest BCUT2D eigenvalue weighted by atomic mass is 10.2. The molecule has 0 spiro atoms. The van der Waals surface area contributed by atoms with Crippen molar-refractivity contribution in [3.05, 3.63) is 0 Å². The zero-order valence-electron chi connectivity index (χ0n) is 6.80. The van der Waals surface area contributed by atoms with Gasteiger partial charge in [-0.15, -0.1) is 5.06 Å². The zero-order chi connectivity index (χ0) is 10.1. The number of rotatable bonds is 2. The minimum Gasteiger partial charge on any atom is -0.363 e. The highest BCUT2D eigenvalue weighted by Crippen LogP contribution is 2.23.